The van der Waals surface area contributed by atoms with E-state index in [0.29, 0.717) is 5.75 Å². The second kappa shape index (κ2) is 6.71. The lowest BCUT2D eigenvalue weighted by Crippen LogP contribution is -2.37. The molecule has 0 unspecified atom stereocenters. The number of hydrogen-bond acceptors (Lipinski definition) is 6. The maximum absolute atomic E-state index is 11.8. The summed E-state index contributed by atoms with van der Waals surface area (Å²) in [6.45, 7) is 0. The first-order chi connectivity index (χ1) is 11.1. The number of ether oxygens (including phenoxy) is 1. The molecule has 0 spiro atoms. The van der Waals surface area contributed by atoms with Gasteiger partial charge in [0.05, 0.1) is 6.10 Å². The van der Waals surface area contributed by atoms with Crippen molar-refractivity contribution in [2.45, 2.75) is 29.4 Å². The summed E-state index contributed by atoms with van der Waals surface area (Å²) in [6, 6.07) is 10.8. The van der Waals surface area contributed by atoms with Gasteiger partial charge < -0.3 is 14.9 Å². The van der Waals surface area contributed by atoms with E-state index >= 15 is 0 Å². The molecule has 2 aromatic rings. The van der Waals surface area contributed by atoms with Gasteiger partial charge in [0.2, 0.25) is 0 Å². The Balaban J connectivity index is 1.73. The lowest BCUT2D eigenvalue weighted by atomic mass is 10.1. The van der Waals surface area contributed by atoms with Gasteiger partial charge in [-0.15, -0.1) is 11.8 Å². The highest BCUT2D eigenvalue weighted by Gasteiger charge is 2.43. The number of aliphatic hydroxyl groups excluding tert-OH is 2. The topological polar surface area (TPSA) is 105 Å². The molecule has 1 fully saturated rings. The van der Waals surface area contributed by atoms with Crippen LogP contribution in [0.15, 0.2) is 57.1 Å². The van der Waals surface area contributed by atoms with Gasteiger partial charge in [0.15, 0.2) is 6.23 Å². The third-order valence-electron chi connectivity index (χ3n) is 3.62. The number of aromatic nitrogens is 2. The summed E-state index contributed by atoms with van der Waals surface area (Å²) in [5.41, 5.74) is -1.22. The lowest BCUT2D eigenvalue weighted by molar-refractivity contribution is -0.0340. The molecule has 4 atom stereocenters. The van der Waals surface area contributed by atoms with E-state index in [1.54, 1.807) is 0 Å². The molecule has 3 N–H and O–H groups in total. The van der Waals surface area contributed by atoms with E-state index < -0.39 is 35.8 Å². The zero-order chi connectivity index (χ0) is 16.4. The van der Waals surface area contributed by atoms with Crippen molar-refractivity contribution in [2.75, 3.05) is 5.75 Å². The number of hydrogen-bond donors (Lipinski definition) is 3. The predicted octanol–water partition coefficient (Wildman–Crippen LogP) is -0.0519. The first kappa shape index (κ1) is 16.0. The van der Waals surface area contributed by atoms with Gasteiger partial charge in [-0.05, 0) is 12.1 Å². The molecule has 2 heterocycles. The number of aliphatic hydroxyl groups is 2. The Labute approximate surface area is 135 Å². The van der Waals surface area contributed by atoms with Crippen LogP contribution in [0, 0.1) is 0 Å². The smallest absolute Gasteiger partial charge is 0.330 e. The summed E-state index contributed by atoms with van der Waals surface area (Å²) < 4.78 is 6.71. The maximum Gasteiger partial charge on any atom is 0.330 e. The second-order valence-corrected chi connectivity index (χ2v) is 6.28. The molecule has 0 saturated carbocycles. The number of H-pyrrole nitrogens is 1. The molecule has 0 amide bonds. The molecule has 23 heavy (non-hydrogen) atoms. The van der Waals surface area contributed by atoms with E-state index in [1.807, 2.05) is 30.3 Å². The quantitative estimate of drug-likeness (QED) is 0.676. The van der Waals surface area contributed by atoms with Crippen LogP contribution in [0.1, 0.15) is 6.23 Å². The molecule has 0 aliphatic carbocycles. The molecule has 0 radical (unpaired) electrons. The number of aromatic amines is 1. The predicted molar refractivity (Wildman–Crippen MR) is 84.4 cm³/mol. The fourth-order valence-electron chi connectivity index (χ4n) is 2.42. The SMILES string of the molecule is O=c1ccn([C@@H]2O[C@H](CSc3ccccc3)[C@@H](O)[C@H]2O)c(=O)[nH]1. The van der Waals surface area contributed by atoms with Crippen LogP contribution in [0.25, 0.3) is 0 Å². The normalized spacial score (nSPS) is 27.2. The van der Waals surface area contributed by atoms with Crippen LogP contribution in [0.4, 0.5) is 0 Å². The highest BCUT2D eigenvalue weighted by atomic mass is 32.2. The van der Waals surface area contributed by atoms with Crippen molar-refractivity contribution >= 4 is 11.8 Å². The summed E-state index contributed by atoms with van der Waals surface area (Å²) in [5.74, 6) is 0.427. The van der Waals surface area contributed by atoms with Gasteiger partial charge in [-0.3, -0.25) is 14.3 Å². The molecule has 1 aliphatic heterocycles. The minimum atomic E-state index is -1.25. The summed E-state index contributed by atoms with van der Waals surface area (Å²) in [6.07, 6.45) is -2.78. The van der Waals surface area contributed by atoms with Gasteiger partial charge in [-0.1, -0.05) is 18.2 Å². The standard InChI is InChI=1S/C15H16N2O5S/c18-11-6-7-17(15(21)16-11)14-13(20)12(19)10(22-14)8-23-9-4-2-1-3-5-9/h1-7,10,12-14,19-20H,8H2,(H,16,18,21)/t10-,12-,13-,14-/m1/s1. The van der Waals surface area contributed by atoms with E-state index in [0.717, 1.165) is 15.5 Å². The van der Waals surface area contributed by atoms with Crippen molar-refractivity contribution in [1.82, 2.24) is 9.55 Å². The minimum Gasteiger partial charge on any atom is -0.387 e. The van der Waals surface area contributed by atoms with Crippen LogP contribution >= 0.6 is 11.8 Å². The molecule has 122 valence electrons. The number of benzene rings is 1. The molecule has 7 nitrogen and oxygen atoms in total. The summed E-state index contributed by atoms with van der Waals surface area (Å²) in [7, 11) is 0. The monoisotopic (exact) mass is 336 g/mol. The first-order valence-electron chi connectivity index (χ1n) is 7.07. The van der Waals surface area contributed by atoms with E-state index in [1.165, 1.54) is 18.0 Å². The molecule has 0 bridgehead atoms. The van der Waals surface area contributed by atoms with Gasteiger partial charge in [0, 0.05) is 22.9 Å². The molecule has 1 aromatic heterocycles. The van der Waals surface area contributed by atoms with Crippen molar-refractivity contribution in [2.24, 2.45) is 0 Å². The van der Waals surface area contributed by atoms with Crippen LogP contribution in [-0.2, 0) is 4.74 Å². The Morgan fingerprint density at radius 3 is 2.57 bits per heavy atom. The molecule has 1 aromatic carbocycles. The Morgan fingerprint density at radius 2 is 1.87 bits per heavy atom. The van der Waals surface area contributed by atoms with Gasteiger partial charge in [-0.25, -0.2) is 4.79 Å². The zero-order valence-corrected chi connectivity index (χ0v) is 12.8. The molecule has 8 heteroatoms. The Bertz CT molecular complexity index is 775. The number of rotatable bonds is 4. The molecular formula is C15H16N2O5S. The molecular weight excluding hydrogens is 320 g/mol. The van der Waals surface area contributed by atoms with Crippen molar-refractivity contribution in [3.8, 4) is 0 Å². The summed E-state index contributed by atoms with van der Waals surface area (Å²) in [5, 5.41) is 20.3. The van der Waals surface area contributed by atoms with Gasteiger partial charge in [-0.2, -0.15) is 0 Å². The van der Waals surface area contributed by atoms with Crippen LogP contribution in [0.2, 0.25) is 0 Å². The maximum atomic E-state index is 11.8. The second-order valence-electron chi connectivity index (χ2n) is 5.19. The Kier molecular flexibility index (Phi) is 4.67. The lowest BCUT2D eigenvalue weighted by Gasteiger charge is -2.16. The van der Waals surface area contributed by atoms with Gasteiger partial charge in [0.1, 0.15) is 12.2 Å². The Morgan fingerprint density at radius 1 is 1.13 bits per heavy atom. The number of nitrogens with one attached hydrogen (secondary N) is 1. The fraction of sp³-hybridized carbons (Fsp3) is 0.333. The fourth-order valence-corrected chi connectivity index (χ4v) is 3.40. The van der Waals surface area contributed by atoms with Crippen LogP contribution in [0.5, 0.6) is 0 Å². The number of thioether (sulfide) groups is 1. The van der Waals surface area contributed by atoms with Crippen molar-refractivity contribution in [3.05, 3.63) is 63.4 Å². The van der Waals surface area contributed by atoms with Crippen molar-refractivity contribution < 1.29 is 14.9 Å². The van der Waals surface area contributed by atoms with Crippen molar-refractivity contribution in [3.63, 3.8) is 0 Å². The van der Waals surface area contributed by atoms with Gasteiger partial charge >= 0.3 is 5.69 Å². The van der Waals surface area contributed by atoms with Crippen LogP contribution in [0.3, 0.4) is 0 Å². The third kappa shape index (κ3) is 3.40. The van der Waals surface area contributed by atoms with E-state index in [9.17, 15) is 19.8 Å². The zero-order valence-electron chi connectivity index (χ0n) is 12.0. The van der Waals surface area contributed by atoms with Crippen LogP contribution < -0.4 is 11.2 Å². The van der Waals surface area contributed by atoms with Crippen molar-refractivity contribution in [1.29, 1.82) is 0 Å². The Hall–Kier alpha value is -1.87. The molecule has 3 rings (SSSR count). The first-order valence-corrected chi connectivity index (χ1v) is 8.06. The van der Waals surface area contributed by atoms with Gasteiger partial charge in [0.25, 0.3) is 5.56 Å². The van der Waals surface area contributed by atoms with Crippen LogP contribution in [-0.4, -0.2) is 43.8 Å². The van der Waals surface area contributed by atoms with E-state index in [2.05, 4.69) is 4.98 Å². The van der Waals surface area contributed by atoms with E-state index in [-0.39, 0.29) is 0 Å². The highest BCUT2D eigenvalue weighted by molar-refractivity contribution is 7.99. The average Bonchev–Trinajstić information content (AvgIpc) is 2.82. The largest absolute Gasteiger partial charge is 0.387 e. The minimum absolute atomic E-state index is 0.427. The summed E-state index contributed by atoms with van der Waals surface area (Å²) in [4.78, 5) is 26.0. The average molecular weight is 336 g/mol. The molecule has 1 aliphatic rings. The third-order valence-corrected chi connectivity index (χ3v) is 4.72. The highest BCUT2D eigenvalue weighted by Crippen LogP contribution is 2.31. The molecule has 1 saturated heterocycles. The van der Waals surface area contributed by atoms with E-state index in [4.69, 9.17) is 4.74 Å². The summed E-state index contributed by atoms with van der Waals surface area (Å²) >= 11 is 1.49. The number of nitrogens with zero attached hydrogens (tertiary/aromatic N) is 1.